The standard InChI is InChI=1S/C12H22N2S/c1-3-10-15-11-7-13-12-5-4-8-14(2)9-6-12/h1,12-13H,4-11H2,2H3. The van der Waals surface area contributed by atoms with Crippen molar-refractivity contribution in [3.63, 3.8) is 0 Å². The summed E-state index contributed by atoms with van der Waals surface area (Å²) >= 11 is 1.84. The summed E-state index contributed by atoms with van der Waals surface area (Å²) in [5.41, 5.74) is 0. The number of rotatable bonds is 5. The topological polar surface area (TPSA) is 15.3 Å². The molecule has 15 heavy (non-hydrogen) atoms. The average molecular weight is 226 g/mol. The number of hydrogen-bond acceptors (Lipinski definition) is 3. The number of likely N-dealkylation sites (tertiary alicyclic amines) is 1. The van der Waals surface area contributed by atoms with E-state index in [0.717, 1.165) is 24.1 Å². The van der Waals surface area contributed by atoms with Crippen molar-refractivity contribution in [1.82, 2.24) is 10.2 Å². The van der Waals surface area contributed by atoms with Crippen molar-refractivity contribution < 1.29 is 0 Å². The van der Waals surface area contributed by atoms with Crippen LogP contribution in [0.1, 0.15) is 19.3 Å². The summed E-state index contributed by atoms with van der Waals surface area (Å²) in [7, 11) is 2.21. The molecule has 2 nitrogen and oxygen atoms in total. The Kier molecular flexibility index (Phi) is 6.91. The van der Waals surface area contributed by atoms with Gasteiger partial charge in [0.05, 0.1) is 5.75 Å². The molecule has 0 bridgehead atoms. The predicted octanol–water partition coefficient (Wildman–Crippen LogP) is 1.43. The second kappa shape index (κ2) is 8.04. The van der Waals surface area contributed by atoms with Gasteiger partial charge in [-0.3, -0.25) is 0 Å². The highest BCUT2D eigenvalue weighted by Crippen LogP contribution is 2.09. The van der Waals surface area contributed by atoms with E-state index < -0.39 is 0 Å². The van der Waals surface area contributed by atoms with Gasteiger partial charge in [0, 0.05) is 18.3 Å². The summed E-state index contributed by atoms with van der Waals surface area (Å²) in [4.78, 5) is 2.43. The molecule has 0 radical (unpaired) electrons. The van der Waals surface area contributed by atoms with Crippen LogP contribution in [-0.4, -0.2) is 49.1 Å². The first-order valence-corrected chi connectivity index (χ1v) is 6.91. The number of nitrogens with zero attached hydrogens (tertiary/aromatic N) is 1. The minimum atomic E-state index is 0.724. The van der Waals surface area contributed by atoms with E-state index in [9.17, 15) is 0 Å². The first-order chi connectivity index (χ1) is 7.33. The summed E-state index contributed by atoms with van der Waals surface area (Å²) < 4.78 is 0. The molecule has 3 heteroatoms. The van der Waals surface area contributed by atoms with Crippen LogP contribution in [0.15, 0.2) is 0 Å². The average Bonchev–Trinajstić information content (AvgIpc) is 2.43. The fourth-order valence-electron chi connectivity index (χ4n) is 1.91. The molecule has 1 fully saturated rings. The van der Waals surface area contributed by atoms with Gasteiger partial charge in [-0.15, -0.1) is 18.2 Å². The van der Waals surface area contributed by atoms with E-state index in [1.165, 1.54) is 32.4 Å². The maximum absolute atomic E-state index is 5.19. The molecule has 0 spiro atoms. The molecule has 0 aliphatic carbocycles. The van der Waals surface area contributed by atoms with Crippen LogP contribution < -0.4 is 5.32 Å². The van der Waals surface area contributed by atoms with Gasteiger partial charge >= 0.3 is 0 Å². The normalized spacial score (nSPS) is 23.3. The number of nitrogens with one attached hydrogen (secondary N) is 1. The third-order valence-electron chi connectivity index (χ3n) is 2.82. The van der Waals surface area contributed by atoms with Crippen LogP contribution in [0.3, 0.4) is 0 Å². The van der Waals surface area contributed by atoms with Crippen molar-refractivity contribution >= 4 is 11.8 Å². The Labute approximate surface area is 98.2 Å². The molecule has 1 saturated heterocycles. The zero-order valence-corrected chi connectivity index (χ0v) is 10.5. The lowest BCUT2D eigenvalue weighted by atomic mass is 10.1. The van der Waals surface area contributed by atoms with Crippen LogP contribution in [0.25, 0.3) is 0 Å². The van der Waals surface area contributed by atoms with Crippen LogP contribution in [0, 0.1) is 12.3 Å². The molecule has 1 unspecified atom stereocenters. The number of hydrogen-bond donors (Lipinski definition) is 1. The van der Waals surface area contributed by atoms with Crippen molar-refractivity contribution in [2.75, 3.05) is 38.2 Å². The molecule has 1 heterocycles. The fourth-order valence-corrected chi connectivity index (χ4v) is 2.43. The van der Waals surface area contributed by atoms with Crippen LogP contribution in [-0.2, 0) is 0 Å². The summed E-state index contributed by atoms with van der Waals surface area (Å²) in [6.45, 7) is 3.58. The van der Waals surface area contributed by atoms with E-state index in [-0.39, 0.29) is 0 Å². The maximum atomic E-state index is 5.19. The molecule has 1 atom stereocenters. The zero-order chi connectivity index (χ0) is 10.9. The second-order valence-corrected chi connectivity index (χ2v) is 5.25. The van der Waals surface area contributed by atoms with E-state index in [1.807, 2.05) is 11.8 Å². The van der Waals surface area contributed by atoms with Gasteiger partial charge in [0.1, 0.15) is 0 Å². The van der Waals surface area contributed by atoms with Gasteiger partial charge in [-0.25, -0.2) is 0 Å². The van der Waals surface area contributed by atoms with E-state index in [0.29, 0.717) is 0 Å². The lowest BCUT2D eigenvalue weighted by Gasteiger charge is -2.16. The van der Waals surface area contributed by atoms with Crippen molar-refractivity contribution in [1.29, 1.82) is 0 Å². The molecule has 86 valence electrons. The lowest BCUT2D eigenvalue weighted by molar-refractivity contribution is 0.344. The zero-order valence-electron chi connectivity index (χ0n) is 9.67. The predicted molar refractivity (Wildman–Crippen MR) is 69.3 cm³/mol. The van der Waals surface area contributed by atoms with Gasteiger partial charge in [0.2, 0.25) is 0 Å². The molecular weight excluding hydrogens is 204 g/mol. The highest BCUT2D eigenvalue weighted by Gasteiger charge is 2.13. The fraction of sp³-hybridized carbons (Fsp3) is 0.833. The molecular formula is C12H22N2S. The van der Waals surface area contributed by atoms with Gasteiger partial charge in [0.15, 0.2) is 0 Å². The van der Waals surface area contributed by atoms with Crippen molar-refractivity contribution in [3.05, 3.63) is 0 Å². The second-order valence-electron chi connectivity index (χ2n) is 4.14. The Hall–Kier alpha value is -0.170. The van der Waals surface area contributed by atoms with E-state index in [2.05, 4.69) is 23.2 Å². The monoisotopic (exact) mass is 226 g/mol. The Bertz CT molecular complexity index is 200. The van der Waals surface area contributed by atoms with Gasteiger partial charge in [0.25, 0.3) is 0 Å². The largest absolute Gasteiger partial charge is 0.313 e. The van der Waals surface area contributed by atoms with Gasteiger partial charge in [-0.2, -0.15) is 0 Å². The van der Waals surface area contributed by atoms with E-state index >= 15 is 0 Å². The summed E-state index contributed by atoms with van der Waals surface area (Å²) in [6, 6.07) is 0.724. The molecule has 1 N–H and O–H groups in total. The minimum absolute atomic E-state index is 0.724. The molecule has 0 aromatic heterocycles. The van der Waals surface area contributed by atoms with Gasteiger partial charge in [-0.05, 0) is 39.4 Å². The van der Waals surface area contributed by atoms with Crippen molar-refractivity contribution in [2.45, 2.75) is 25.3 Å². The highest BCUT2D eigenvalue weighted by atomic mass is 32.2. The SMILES string of the molecule is C#CCSCCNC1CCCN(C)CC1. The van der Waals surface area contributed by atoms with Crippen LogP contribution in [0.4, 0.5) is 0 Å². The number of terminal acetylenes is 1. The molecule has 1 aliphatic heterocycles. The first kappa shape index (κ1) is 12.9. The summed E-state index contributed by atoms with van der Waals surface area (Å²) in [5.74, 6) is 4.63. The Balaban J connectivity index is 2.03. The number of thioether (sulfide) groups is 1. The Morgan fingerprint density at radius 3 is 3.13 bits per heavy atom. The van der Waals surface area contributed by atoms with E-state index in [1.54, 1.807) is 0 Å². The van der Waals surface area contributed by atoms with Crippen LogP contribution in [0.2, 0.25) is 0 Å². The third kappa shape index (κ3) is 6.09. The molecule has 1 rings (SSSR count). The lowest BCUT2D eigenvalue weighted by Crippen LogP contribution is -2.31. The van der Waals surface area contributed by atoms with Gasteiger partial charge in [-0.1, -0.05) is 5.92 Å². The minimum Gasteiger partial charge on any atom is -0.313 e. The van der Waals surface area contributed by atoms with Gasteiger partial charge < -0.3 is 10.2 Å². The Morgan fingerprint density at radius 2 is 2.33 bits per heavy atom. The van der Waals surface area contributed by atoms with Crippen molar-refractivity contribution in [3.8, 4) is 12.3 Å². The van der Waals surface area contributed by atoms with E-state index in [4.69, 9.17) is 6.42 Å². The molecule has 0 aromatic carbocycles. The van der Waals surface area contributed by atoms with Crippen LogP contribution in [0.5, 0.6) is 0 Å². The maximum Gasteiger partial charge on any atom is 0.0545 e. The molecule has 0 saturated carbocycles. The summed E-state index contributed by atoms with van der Waals surface area (Å²) in [5, 5.41) is 3.62. The molecule has 1 aliphatic rings. The first-order valence-electron chi connectivity index (χ1n) is 5.76. The summed E-state index contributed by atoms with van der Waals surface area (Å²) in [6.07, 6.45) is 9.13. The highest BCUT2D eigenvalue weighted by molar-refractivity contribution is 7.99. The molecule has 0 aromatic rings. The van der Waals surface area contributed by atoms with Crippen molar-refractivity contribution in [2.24, 2.45) is 0 Å². The van der Waals surface area contributed by atoms with Crippen LogP contribution >= 0.6 is 11.8 Å². The Morgan fingerprint density at radius 1 is 1.47 bits per heavy atom. The molecule has 0 amide bonds. The smallest absolute Gasteiger partial charge is 0.0545 e. The third-order valence-corrected chi connectivity index (χ3v) is 3.68. The quantitative estimate of drug-likeness (QED) is 0.564.